The molecule has 0 aliphatic heterocycles. The van der Waals surface area contributed by atoms with Gasteiger partial charge in [0.05, 0.1) is 5.56 Å². The largest absolute Gasteiger partial charge is 0.457 e. The minimum atomic E-state index is -0.442. The summed E-state index contributed by atoms with van der Waals surface area (Å²) in [4.78, 5) is 0. The molecule has 21 heavy (non-hydrogen) atoms. The Morgan fingerprint density at radius 2 is 1.90 bits per heavy atom. The van der Waals surface area contributed by atoms with E-state index >= 15 is 0 Å². The molecule has 0 radical (unpaired) electrons. The number of rotatable bonds is 6. The van der Waals surface area contributed by atoms with Crippen molar-refractivity contribution in [3.63, 3.8) is 0 Å². The van der Waals surface area contributed by atoms with Gasteiger partial charge in [0.25, 0.3) is 0 Å². The Morgan fingerprint density at radius 3 is 2.52 bits per heavy atom. The normalized spacial score (nSPS) is 10.4. The molecule has 0 heterocycles. The lowest BCUT2D eigenvalue weighted by Gasteiger charge is -2.11. The first kappa shape index (κ1) is 15.0. The number of ether oxygens (including phenoxy) is 1. The SMILES string of the molecule is CCCCc1ccc(Oc2ccc(F)cc2C(=N)N)cc1. The maximum absolute atomic E-state index is 13.2. The summed E-state index contributed by atoms with van der Waals surface area (Å²) in [5, 5.41) is 7.48. The van der Waals surface area contributed by atoms with Crippen molar-refractivity contribution in [1.29, 1.82) is 5.41 Å². The quantitative estimate of drug-likeness (QED) is 0.616. The third-order valence-electron chi connectivity index (χ3n) is 3.20. The lowest BCUT2D eigenvalue weighted by molar-refractivity contribution is 0.479. The number of aryl methyl sites for hydroxylation is 1. The molecule has 3 N–H and O–H groups in total. The van der Waals surface area contributed by atoms with Crippen LogP contribution in [-0.4, -0.2) is 5.84 Å². The molecule has 0 saturated heterocycles. The molecule has 2 aromatic rings. The number of amidine groups is 1. The molecule has 0 spiro atoms. The molecule has 0 fully saturated rings. The van der Waals surface area contributed by atoms with Crippen LogP contribution in [0.1, 0.15) is 30.9 Å². The second kappa shape index (κ2) is 6.88. The van der Waals surface area contributed by atoms with Crippen LogP contribution >= 0.6 is 0 Å². The summed E-state index contributed by atoms with van der Waals surface area (Å²) in [6.07, 6.45) is 3.37. The van der Waals surface area contributed by atoms with E-state index in [0.29, 0.717) is 11.5 Å². The Hall–Kier alpha value is -2.36. The van der Waals surface area contributed by atoms with Gasteiger partial charge in [-0.2, -0.15) is 0 Å². The molecule has 4 heteroatoms. The molecular weight excluding hydrogens is 267 g/mol. The number of halogens is 1. The van der Waals surface area contributed by atoms with Gasteiger partial charge >= 0.3 is 0 Å². The fraction of sp³-hybridized carbons (Fsp3) is 0.235. The van der Waals surface area contributed by atoms with Crippen molar-refractivity contribution in [2.45, 2.75) is 26.2 Å². The predicted octanol–water partition coefficient (Wildman–Crippen LogP) is 4.24. The van der Waals surface area contributed by atoms with Crippen molar-refractivity contribution >= 4 is 5.84 Å². The van der Waals surface area contributed by atoms with Crippen molar-refractivity contribution < 1.29 is 9.13 Å². The molecule has 0 atom stereocenters. The molecular formula is C17H19FN2O. The van der Waals surface area contributed by atoms with Gasteiger partial charge in [-0.3, -0.25) is 5.41 Å². The Labute approximate surface area is 124 Å². The van der Waals surface area contributed by atoms with Crippen LogP contribution in [0.25, 0.3) is 0 Å². The summed E-state index contributed by atoms with van der Waals surface area (Å²) in [6.45, 7) is 2.16. The van der Waals surface area contributed by atoms with Gasteiger partial charge < -0.3 is 10.5 Å². The van der Waals surface area contributed by atoms with E-state index in [1.165, 1.54) is 23.8 Å². The molecule has 0 bridgehead atoms. The average molecular weight is 286 g/mol. The van der Waals surface area contributed by atoms with Gasteiger partial charge in [-0.25, -0.2) is 4.39 Å². The Kier molecular flexibility index (Phi) is 4.93. The molecule has 0 aromatic heterocycles. The highest BCUT2D eigenvalue weighted by Gasteiger charge is 2.09. The summed E-state index contributed by atoms with van der Waals surface area (Å²) in [5.41, 5.74) is 6.97. The minimum absolute atomic E-state index is 0.218. The van der Waals surface area contributed by atoms with Crippen molar-refractivity contribution in [1.82, 2.24) is 0 Å². The lowest BCUT2D eigenvalue weighted by atomic mass is 10.1. The molecule has 2 aromatic carbocycles. The van der Waals surface area contributed by atoms with E-state index < -0.39 is 5.82 Å². The average Bonchev–Trinajstić information content (AvgIpc) is 2.48. The Balaban J connectivity index is 2.16. The van der Waals surface area contributed by atoms with Crippen LogP contribution < -0.4 is 10.5 Å². The van der Waals surface area contributed by atoms with Crippen LogP contribution in [0.2, 0.25) is 0 Å². The topological polar surface area (TPSA) is 59.1 Å². The number of hydrogen-bond donors (Lipinski definition) is 2. The summed E-state index contributed by atoms with van der Waals surface area (Å²) in [6, 6.07) is 11.8. The van der Waals surface area contributed by atoms with Crippen molar-refractivity contribution in [2.75, 3.05) is 0 Å². The van der Waals surface area contributed by atoms with Crippen LogP contribution in [0.4, 0.5) is 4.39 Å². The van der Waals surface area contributed by atoms with E-state index in [9.17, 15) is 4.39 Å². The summed E-state index contributed by atoms with van der Waals surface area (Å²) >= 11 is 0. The fourth-order valence-corrected chi connectivity index (χ4v) is 2.03. The maximum atomic E-state index is 13.2. The standard InChI is InChI=1S/C17H19FN2O/c1-2-3-4-12-5-8-14(9-6-12)21-16-10-7-13(18)11-15(16)17(19)20/h5-11H,2-4H2,1H3,(H3,19,20). The summed E-state index contributed by atoms with van der Waals surface area (Å²) in [7, 11) is 0. The van der Waals surface area contributed by atoms with E-state index in [1.54, 1.807) is 0 Å². The third kappa shape index (κ3) is 4.05. The zero-order valence-electron chi connectivity index (χ0n) is 12.0. The Bertz CT molecular complexity index is 623. The van der Waals surface area contributed by atoms with E-state index in [4.69, 9.17) is 15.9 Å². The first-order valence-electron chi connectivity index (χ1n) is 7.01. The first-order chi connectivity index (χ1) is 10.1. The monoisotopic (exact) mass is 286 g/mol. The second-order valence-corrected chi connectivity index (χ2v) is 4.90. The van der Waals surface area contributed by atoms with E-state index in [0.717, 1.165) is 19.3 Å². The maximum Gasteiger partial charge on any atom is 0.138 e. The molecule has 3 nitrogen and oxygen atoms in total. The Morgan fingerprint density at radius 1 is 1.19 bits per heavy atom. The highest BCUT2D eigenvalue weighted by molar-refractivity contribution is 5.97. The summed E-state index contributed by atoms with van der Waals surface area (Å²) in [5.74, 6) is 0.362. The molecule has 0 amide bonds. The minimum Gasteiger partial charge on any atom is -0.457 e. The van der Waals surface area contributed by atoms with Crippen LogP contribution in [-0.2, 0) is 6.42 Å². The zero-order valence-corrected chi connectivity index (χ0v) is 12.0. The molecule has 2 rings (SSSR count). The van der Waals surface area contributed by atoms with Gasteiger partial charge in [-0.1, -0.05) is 25.5 Å². The van der Waals surface area contributed by atoms with Gasteiger partial charge in [0.2, 0.25) is 0 Å². The fourth-order valence-electron chi connectivity index (χ4n) is 2.03. The van der Waals surface area contributed by atoms with Crippen LogP contribution in [0.15, 0.2) is 42.5 Å². The second-order valence-electron chi connectivity index (χ2n) is 4.90. The predicted molar refractivity (Wildman–Crippen MR) is 82.5 cm³/mol. The number of nitrogens with one attached hydrogen (secondary N) is 1. The van der Waals surface area contributed by atoms with Gasteiger partial charge in [-0.05, 0) is 48.7 Å². The smallest absolute Gasteiger partial charge is 0.138 e. The van der Waals surface area contributed by atoms with Crippen LogP contribution in [0.5, 0.6) is 11.5 Å². The highest BCUT2D eigenvalue weighted by atomic mass is 19.1. The number of unbranched alkanes of at least 4 members (excludes halogenated alkanes) is 1. The van der Waals surface area contributed by atoms with E-state index in [1.807, 2.05) is 24.3 Å². The summed E-state index contributed by atoms with van der Waals surface area (Å²) < 4.78 is 18.9. The molecule has 110 valence electrons. The number of benzene rings is 2. The molecule has 0 aliphatic rings. The zero-order chi connectivity index (χ0) is 15.2. The lowest BCUT2D eigenvalue weighted by Crippen LogP contribution is -2.12. The number of nitrogen functional groups attached to an aromatic ring is 1. The van der Waals surface area contributed by atoms with E-state index in [2.05, 4.69) is 6.92 Å². The highest BCUT2D eigenvalue weighted by Crippen LogP contribution is 2.26. The van der Waals surface area contributed by atoms with Crippen LogP contribution in [0.3, 0.4) is 0 Å². The van der Waals surface area contributed by atoms with Gasteiger partial charge in [-0.15, -0.1) is 0 Å². The number of nitrogens with two attached hydrogens (primary N) is 1. The van der Waals surface area contributed by atoms with Gasteiger partial charge in [0, 0.05) is 0 Å². The molecule has 0 unspecified atom stereocenters. The van der Waals surface area contributed by atoms with Gasteiger partial charge in [0.15, 0.2) is 0 Å². The van der Waals surface area contributed by atoms with Crippen molar-refractivity contribution in [3.05, 3.63) is 59.4 Å². The first-order valence-corrected chi connectivity index (χ1v) is 7.01. The van der Waals surface area contributed by atoms with Crippen molar-refractivity contribution in [3.8, 4) is 11.5 Å². The van der Waals surface area contributed by atoms with Crippen molar-refractivity contribution in [2.24, 2.45) is 5.73 Å². The molecule has 0 aliphatic carbocycles. The van der Waals surface area contributed by atoms with Gasteiger partial charge in [0.1, 0.15) is 23.2 Å². The van der Waals surface area contributed by atoms with E-state index in [-0.39, 0.29) is 11.4 Å². The van der Waals surface area contributed by atoms with Crippen LogP contribution in [0, 0.1) is 11.2 Å². The number of hydrogen-bond acceptors (Lipinski definition) is 2. The third-order valence-corrected chi connectivity index (χ3v) is 3.20. The molecule has 0 saturated carbocycles.